The summed E-state index contributed by atoms with van der Waals surface area (Å²) < 4.78 is 0. The number of carbonyl (C=O) groups excluding carboxylic acids is 1. The van der Waals surface area contributed by atoms with Crippen molar-refractivity contribution in [3.05, 3.63) is 4.91 Å². The topological polar surface area (TPSA) is 46.5 Å². The fourth-order valence-electron chi connectivity index (χ4n) is 0.0742. The number of hydrogen-bond donors (Lipinski definition) is 0. The first-order valence-electron chi connectivity index (χ1n) is 2.01. The van der Waals surface area contributed by atoms with Crippen molar-refractivity contribution in [3.8, 4) is 0 Å². The molecule has 3 heteroatoms. The van der Waals surface area contributed by atoms with Crippen LogP contribution < -0.4 is 0 Å². The van der Waals surface area contributed by atoms with Gasteiger partial charge in [-0.05, 0) is 13.8 Å². The fraction of sp³-hybridized carbons (Fsp3) is 0.750. The minimum absolute atomic E-state index is 0.185. The predicted molar refractivity (Wildman–Crippen MR) is 25.9 cm³/mol. The lowest BCUT2D eigenvalue weighted by Gasteiger charge is -1.88. The number of nitrogens with zero attached hydrogens (tertiary/aromatic N) is 1. The second-order valence-corrected chi connectivity index (χ2v) is 1.39. The Labute approximate surface area is 41.7 Å². The minimum atomic E-state index is -0.667. The lowest BCUT2D eigenvalue weighted by molar-refractivity contribution is -0.117. The summed E-state index contributed by atoms with van der Waals surface area (Å²) in [4.78, 5) is 19.6. The molecule has 0 N–H and O–H groups in total. The monoisotopic (exact) mass is 101 g/mol. The highest BCUT2D eigenvalue weighted by Crippen LogP contribution is 1.86. The summed E-state index contributed by atoms with van der Waals surface area (Å²) in [6.45, 7) is 2.81. The maximum atomic E-state index is 10.1. The van der Waals surface area contributed by atoms with Crippen LogP contribution in [0.4, 0.5) is 0 Å². The molecule has 0 aromatic rings. The molecular weight excluding hydrogens is 94.0 g/mol. The molecule has 0 aliphatic rings. The molecule has 0 aromatic carbocycles. The van der Waals surface area contributed by atoms with Crippen LogP contribution in [0.2, 0.25) is 0 Å². The first kappa shape index (κ1) is 6.27. The van der Waals surface area contributed by atoms with Crippen molar-refractivity contribution >= 4 is 5.78 Å². The average Bonchev–Trinajstić information content (AvgIpc) is 1.65. The Balaban J connectivity index is 3.55. The van der Waals surface area contributed by atoms with Gasteiger partial charge in [-0.2, -0.15) is 4.91 Å². The van der Waals surface area contributed by atoms with Gasteiger partial charge in [-0.1, -0.05) is 5.18 Å². The fourth-order valence-corrected chi connectivity index (χ4v) is 0.0742. The molecule has 0 aliphatic carbocycles. The van der Waals surface area contributed by atoms with Gasteiger partial charge in [-0.25, -0.2) is 0 Å². The quantitative estimate of drug-likeness (QED) is 0.481. The summed E-state index contributed by atoms with van der Waals surface area (Å²) in [6.07, 6.45) is 0. The molecule has 3 nitrogen and oxygen atoms in total. The Morgan fingerprint density at radius 2 is 2.14 bits per heavy atom. The van der Waals surface area contributed by atoms with E-state index in [1.165, 1.54) is 13.8 Å². The van der Waals surface area contributed by atoms with Crippen LogP contribution in [-0.2, 0) is 4.79 Å². The van der Waals surface area contributed by atoms with Crippen molar-refractivity contribution < 1.29 is 4.79 Å². The van der Waals surface area contributed by atoms with Crippen molar-refractivity contribution in [3.63, 3.8) is 0 Å². The SMILES string of the molecule is CC(=O)C(C)N=O. The van der Waals surface area contributed by atoms with E-state index >= 15 is 0 Å². The highest BCUT2D eigenvalue weighted by atomic mass is 16.3. The molecule has 1 unspecified atom stereocenters. The summed E-state index contributed by atoms with van der Waals surface area (Å²) >= 11 is 0. The van der Waals surface area contributed by atoms with Crippen LogP contribution in [0, 0.1) is 4.91 Å². The second kappa shape index (κ2) is 2.44. The molecule has 0 radical (unpaired) electrons. The van der Waals surface area contributed by atoms with E-state index in [4.69, 9.17) is 0 Å². The van der Waals surface area contributed by atoms with E-state index in [1.54, 1.807) is 0 Å². The van der Waals surface area contributed by atoms with Gasteiger partial charge in [-0.15, -0.1) is 0 Å². The predicted octanol–water partition coefficient (Wildman–Crippen LogP) is 0.730. The average molecular weight is 101 g/mol. The molecule has 40 valence electrons. The Morgan fingerprint density at radius 1 is 1.71 bits per heavy atom. The molecule has 0 rings (SSSR count). The van der Waals surface area contributed by atoms with Crippen molar-refractivity contribution in [2.24, 2.45) is 5.18 Å². The standard InChI is InChI=1S/C4H7NO2/c1-3(5-7)4(2)6/h3H,1-2H3. The molecule has 0 fully saturated rings. The van der Waals surface area contributed by atoms with Gasteiger partial charge in [-0.3, -0.25) is 4.79 Å². The van der Waals surface area contributed by atoms with Crippen LogP contribution in [0.1, 0.15) is 13.8 Å². The first-order valence-corrected chi connectivity index (χ1v) is 2.01. The summed E-state index contributed by atoms with van der Waals surface area (Å²) in [5.41, 5.74) is 0. The van der Waals surface area contributed by atoms with Gasteiger partial charge in [0.2, 0.25) is 0 Å². The lowest BCUT2D eigenvalue weighted by Crippen LogP contribution is -2.07. The molecule has 0 aromatic heterocycles. The molecule has 0 saturated heterocycles. The van der Waals surface area contributed by atoms with Crippen LogP contribution in [0.15, 0.2) is 5.18 Å². The Hall–Kier alpha value is -0.730. The van der Waals surface area contributed by atoms with Crippen molar-refractivity contribution in [1.82, 2.24) is 0 Å². The zero-order valence-electron chi connectivity index (χ0n) is 4.34. The van der Waals surface area contributed by atoms with Gasteiger partial charge >= 0.3 is 0 Å². The van der Waals surface area contributed by atoms with Crippen molar-refractivity contribution in [1.29, 1.82) is 0 Å². The maximum Gasteiger partial charge on any atom is 0.157 e. The number of ketones is 1. The van der Waals surface area contributed by atoms with E-state index in [1.807, 2.05) is 0 Å². The Kier molecular flexibility index (Phi) is 2.19. The zero-order valence-corrected chi connectivity index (χ0v) is 4.34. The van der Waals surface area contributed by atoms with E-state index < -0.39 is 6.04 Å². The molecule has 0 heterocycles. The molecule has 0 saturated carbocycles. The third kappa shape index (κ3) is 2.03. The molecule has 7 heavy (non-hydrogen) atoms. The van der Waals surface area contributed by atoms with Gasteiger partial charge in [0, 0.05) is 0 Å². The number of nitroso groups, excluding NO2 is 1. The molecule has 0 bridgehead atoms. The third-order valence-corrected chi connectivity index (χ3v) is 0.746. The third-order valence-electron chi connectivity index (χ3n) is 0.746. The van der Waals surface area contributed by atoms with Gasteiger partial charge in [0.05, 0.1) is 0 Å². The van der Waals surface area contributed by atoms with E-state index in [0.717, 1.165) is 0 Å². The van der Waals surface area contributed by atoms with Crippen LogP contribution in [-0.4, -0.2) is 11.8 Å². The van der Waals surface area contributed by atoms with Crippen LogP contribution >= 0.6 is 0 Å². The number of rotatable bonds is 2. The van der Waals surface area contributed by atoms with Crippen LogP contribution in [0.5, 0.6) is 0 Å². The molecule has 0 aliphatic heterocycles. The summed E-state index contributed by atoms with van der Waals surface area (Å²) in [5, 5.41) is 2.49. The maximum absolute atomic E-state index is 10.1. The first-order chi connectivity index (χ1) is 3.18. The van der Waals surface area contributed by atoms with E-state index in [2.05, 4.69) is 5.18 Å². The van der Waals surface area contributed by atoms with Gasteiger partial charge in [0.1, 0.15) is 6.04 Å². The van der Waals surface area contributed by atoms with E-state index in [9.17, 15) is 9.70 Å². The highest BCUT2D eigenvalue weighted by Gasteiger charge is 2.03. The Bertz CT molecular complexity index is 89.7. The molecule has 1 atom stereocenters. The molecule has 0 amide bonds. The molecule has 0 spiro atoms. The molecular formula is C4H7NO2. The lowest BCUT2D eigenvalue weighted by atomic mass is 10.3. The van der Waals surface area contributed by atoms with Gasteiger partial charge < -0.3 is 0 Å². The smallest absolute Gasteiger partial charge is 0.157 e. The van der Waals surface area contributed by atoms with E-state index in [0.29, 0.717) is 0 Å². The minimum Gasteiger partial charge on any atom is -0.297 e. The van der Waals surface area contributed by atoms with Gasteiger partial charge in [0.25, 0.3) is 0 Å². The Morgan fingerprint density at radius 3 is 2.14 bits per heavy atom. The summed E-state index contributed by atoms with van der Waals surface area (Å²) in [5.74, 6) is -0.185. The van der Waals surface area contributed by atoms with E-state index in [-0.39, 0.29) is 5.78 Å². The number of Topliss-reactive ketones (excluding diaryl/α,β-unsaturated/α-hetero) is 1. The van der Waals surface area contributed by atoms with Crippen molar-refractivity contribution in [2.75, 3.05) is 0 Å². The highest BCUT2D eigenvalue weighted by molar-refractivity contribution is 5.80. The second-order valence-electron chi connectivity index (χ2n) is 1.39. The number of carbonyl (C=O) groups is 1. The normalized spacial score (nSPS) is 12.9. The zero-order chi connectivity index (χ0) is 5.86. The summed E-state index contributed by atoms with van der Waals surface area (Å²) in [7, 11) is 0. The summed E-state index contributed by atoms with van der Waals surface area (Å²) in [6, 6.07) is -0.667. The number of hydrogen-bond acceptors (Lipinski definition) is 3. The largest absolute Gasteiger partial charge is 0.297 e. The van der Waals surface area contributed by atoms with Crippen LogP contribution in [0.3, 0.4) is 0 Å². The van der Waals surface area contributed by atoms with Gasteiger partial charge in [0.15, 0.2) is 5.78 Å². The van der Waals surface area contributed by atoms with Crippen molar-refractivity contribution in [2.45, 2.75) is 19.9 Å². The van der Waals surface area contributed by atoms with Crippen LogP contribution in [0.25, 0.3) is 0 Å².